The number of hydrogen-bond donors (Lipinski definition) is 1. The van der Waals surface area contributed by atoms with Crippen LogP contribution in [0.5, 0.6) is 0 Å². The standard InChI is InChI=1S/C28H32Cl2N4O2.ClH/c29-22-8-6-9-23(30)26(22)19-11-15-32(16-12-19)17-21-20-7-2-3-10-24(20)34(18-25(31)35)27(21)28(36)33-13-4-1-5-14-33;/h2-3,6-10,19H,1,4-5,11-18H2,(H2,31,35);1H. The van der Waals surface area contributed by atoms with Crippen molar-refractivity contribution in [3.05, 3.63) is 69.3 Å². The Morgan fingerprint density at radius 3 is 2.19 bits per heavy atom. The van der Waals surface area contributed by atoms with E-state index in [4.69, 9.17) is 28.9 Å². The number of halogens is 3. The Morgan fingerprint density at radius 2 is 1.54 bits per heavy atom. The van der Waals surface area contributed by atoms with Gasteiger partial charge in [0.2, 0.25) is 5.91 Å². The Bertz CT molecular complexity index is 1260. The molecule has 0 atom stereocenters. The zero-order chi connectivity index (χ0) is 25.2. The van der Waals surface area contributed by atoms with Crippen molar-refractivity contribution in [3.8, 4) is 0 Å². The lowest BCUT2D eigenvalue weighted by Crippen LogP contribution is -2.38. The van der Waals surface area contributed by atoms with Gasteiger partial charge in [-0.15, -0.1) is 12.4 Å². The van der Waals surface area contributed by atoms with Crippen molar-refractivity contribution >= 4 is 58.3 Å². The van der Waals surface area contributed by atoms with Gasteiger partial charge in [-0.2, -0.15) is 0 Å². The molecular formula is C28H33Cl3N4O2. The smallest absolute Gasteiger partial charge is 0.270 e. The fraction of sp³-hybridized carbons (Fsp3) is 0.429. The van der Waals surface area contributed by atoms with Gasteiger partial charge in [-0.3, -0.25) is 14.5 Å². The molecule has 9 heteroatoms. The number of carbonyl (C=O) groups excluding carboxylic acids is 2. The van der Waals surface area contributed by atoms with Crippen molar-refractivity contribution in [1.29, 1.82) is 0 Å². The first kappa shape index (κ1) is 27.8. The highest BCUT2D eigenvalue weighted by Gasteiger charge is 2.30. The summed E-state index contributed by atoms with van der Waals surface area (Å²) in [4.78, 5) is 30.2. The molecule has 2 amide bonds. The maximum Gasteiger partial charge on any atom is 0.270 e. The summed E-state index contributed by atoms with van der Waals surface area (Å²) in [5, 5.41) is 2.46. The van der Waals surface area contributed by atoms with E-state index in [1.165, 1.54) is 0 Å². The molecule has 6 nitrogen and oxygen atoms in total. The maximum atomic E-state index is 13.9. The van der Waals surface area contributed by atoms with E-state index >= 15 is 0 Å². The second-order valence-corrected chi connectivity index (χ2v) is 10.7. The number of likely N-dealkylation sites (tertiary alicyclic amines) is 2. The number of fused-ring (bicyclic) bond motifs is 1. The quantitative estimate of drug-likeness (QED) is 0.408. The maximum absolute atomic E-state index is 13.9. The SMILES string of the molecule is Cl.NC(=O)Cn1c(C(=O)N2CCCCC2)c(CN2CCC(c3c(Cl)cccc3Cl)CC2)c2ccccc21. The van der Waals surface area contributed by atoms with Gasteiger partial charge in [-0.25, -0.2) is 0 Å². The van der Waals surface area contributed by atoms with E-state index in [1.54, 1.807) is 0 Å². The van der Waals surface area contributed by atoms with Crippen molar-refractivity contribution < 1.29 is 9.59 Å². The summed E-state index contributed by atoms with van der Waals surface area (Å²) in [6.45, 7) is 3.88. The first-order valence-electron chi connectivity index (χ1n) is 12.8. The van der Waals surface area contributed by atoms with E-state index in [-0.39, 0.29) is 24.9 Å². The van der Waals surface area contributed by atoms with Crippen LogP contribution in [0.25, 0.3) is 10.9 Å². The van der Waals surface area contributed by atoms with Crippen LogP contribution in [-0.4, -0.2) is 52.4 Å². The number of hydrogen-bond acceptors (Lipinski definition) is 3. The molecule has 3 aromatic rings. The largest absolute Gasteiger partial charge is 0.368 e. The van der Waals surface area contributed by atoms with Gasteiger partial charge in [0.15, 0.2) is 0 Å². The first-order valence-corrected chi connectivity index (χ1v) is 13.5. The van der Waals surface area contributed by atoms with Crippen molar-refractivity contribution in [1.82, 2.24) is 14.4 Å². The lowest BCUT2D eigenvalue weighted by atomic mass is 9.89. The van der Waals surface area contributed by atoms with E-state index in [9.17, 15) is 9.59 Å². The Balaban J connectivity index is 0.00000320. The Morgan fingerprint density at radius 1 is 0.892 bits per heavy atom. The van der Waals surface area contributed by atoms with Crippen LogP contribution in [0.3, 0.4) is 0 Å². The molecule has 0 unspecified atom stereocenters. The van der Waals surface area contributed by atoms with Gasteiger partial charge in [0.1, 0.15) is 12.2 Å². The van der Waals surface area contributed by atoms with Crippen LogP contribution >= 0.6 is 35.6 Å². The van der Waals surface area contributed by atoms with Crippen LogP contribution in [0.1, 0.15) is 59.6 Å². The summed E-state index contributed by atoms with van der Waals surface area (Å²) in [5.41, 5.74) is 9.14. The molecular weight excluding hydrogens is 531 g/mol. The van der Waals surface area contributed by atoms with Gasteiger partial charge in [0, 0.05) is 46.1 Å². The number of primary amides is 1. The van der Waals surface area contributed by atoms with E-state index in [0.717, 1.165) is 90.4 Å². The predicted molar refractivity (Wildman–Crippen MR) is 152 cm³/mol. The highest BCUT2D eigenvalue weighted by atomic mass is 35.5. The lowest BCUT2D eigenvalue weighted by molar-refractivity contribution is -0.118. The second kappa shape index (κ2) is 12.1. The molecule has 2 aliphatic heterocycles. The Labute approximate surface area is 234 Å². The number of amides is 2. The molecule has 2 fully saturated rings. The predicted octanol–water partition coefficient (Wildman–Crippen LogP) is 5.86. The Hall–Kier alpha value is -2.25. The topological polar surface area (TPSA) is 71.6 Å². The van der Waals surface area contributed by atoms with Gasteiger partial charge in [0.05, 0.1) is 0 Å². The summed E-state index contributed by atoms with van der Waals surface area (Å²) in [6, 6.07) is 13.6. The third-order valence-corrected chi connectivity index (χ3v) is 8.27. The molecule has 1 aromatic heterocycles. The van der Waals surface area contributed by atoms with Crippen molar-refractivity contribution in [3.63, 3.8) is 0 Å². The molecule has 0 saturated carbocycles. The number of benzene rings is 2. The van der Waals surface area contributed by atoms with E-state index in [1.807, 2.05) is 51.9 Å². The van der Waals surface area contributed by atoms with Crippen molar-refractivity contribution in [2.24, 2.45) is 5.73 Å². The van der Waals surface area contributed by atoms with Gasteiger partial charge >= 0.3 is 0 Å². The fourth-order valence-electron chi connectivity index (χ4n) is 5.85. The average molecular weight is 564 g/mol. The third-order valence-electron chi connectivity index (χ3n) is 7.61. The van der Waals surface area contributed by atoms with Gasteiger partial charge in [0.25, 0.3) is 5.91 Å². The van der Waals surface area contributed by atoms with Crippen LogP contribution in [0.2, 0.25) is 10.0 Å². The summed E-state index contributed by atoms with van der Waals surface area (Å²) in [6.07, 6.45) is 5.05. The zero-order valence-corrected chi connectivity index (χ0v) is 23.1. The van der Waals surface area contributed by atoms with E-state index < -0.39 is 5.91 Å². The number of rotatable bonds is 6. The van der Waals surface area contributed by atoms with Crippen LogP contribution in [0, 0.1) is 0 Å². The molecule has 37 heavy (non-hydrogen) atoms. The molecule has 0 bridgehead atoms. The number of nitrogens with two attached hydrogens (primary N) is 1. The number of para-hydroxylation sites is 1. The first-order chi connectivity index (χ1) is 17.4. The molecule has 2 N–H and O–H groups in total. The average Bonchev–Trinajstić information content (AvgIpc) is 3.17. The van der Waals surface area contributed by atoms with Gasteiger partial charge < -0.3 is 15.2 Å². The molecule has 198 valence electrons. The number of piperidine rings is 2. The monoisotopic (exact) mass is 562 g/mol. The molecule has 5 rings (SSSR count). The van der Waals surface area contributed by atoms with E-state index in [2.05, 4.69) is 4.90 Å². The zero-order valence-electron chi connectivity index (χ0n) is 20.8. The summed E-state index contributed by atoms with van der Waals surface area (Å²) >= 11 is 13.0. The minimum Gasteiger partial charge on any atom is -0.368 e. The number of aromatic nitrogens is 1. The fourth-order valence-corrected chi connectivity index (χ4v) is 6.56. The molecule has 0 spiro atoms. The summed E-state index contributed by atoms with van der Waals surface area (Å²) < 4.78 is 1.83. The summed E-state index contributed by atoms with van der Waals surface area (Å²) in [5.74, 6) is -0.138. The van der Waals surface area contributed by atoms with E-state index in [0.29, 0.717) is 18.2 Å². The van der Waals surface area contributed by atoms with Crippen LogP contribution in [-0.2, 0) is 17.9 Å². The lowest BCUT2D eigenvalue weighted by Gasteiger charge is -2.33. The van der Waals surface area contributed by atoms with Gasteiger partial charge in [-0.1, -0.05) is 47.5 Å². The summed E-state index contributed by atoms with van der Waals surface area (Å²) in [7, 11) is 0. The number of carbonyl (C=O) groups is 2. The molecule has 0 radical (unpaired) electrons. The molecule has 2 saturated heterocycles. The van der Waals surface area contributed by atoms with Crippen LogP contribution in [0.4, 0.5) is 0 Å². The van der Waals surface area contributed by atoms with Crippen molar-refractivity contribution in [2.75, 3.05) is 26.2 Å². The normalized spacial score (nSPS) is 17.1. The minimum absolute atomic E-state index is 0. The highest BCUT2D eigenvalue weighted by Crippen LogP contribution is 2.38. The van der Waals surface area contributed by atoms with Gasteiger partial charge in [-0.05, 0) is 74.9 Å². The molecule has 3 heterocycles. The molecule has 0 aliphatic carbocycles. The molecule has 2 aromatic carbocycles. The second-order valence-electron chi connectivity index (χ2n) is 9.94. The minimum atomic E-state index is -0.451. The number of nitrogens with zero attached hydrogens (tertiary/aromatic N) is 3. The molecule has 2 aliphatic rings. The van der Waals surface area contributed by atoms with Crippen molar-refractivity contribution in [2.45, 2.75) is 51.1 Å². The van der Waals surface area contributed by atoms with Crippen LogP contribution < -0.4 is 5.73 Å². The highest BCUT2D eigenvalue weighted by molar-refractivity contribution is 6.36. The Kier molecular flexibility index (Phi) is 9.07. The third kappa shape index (κ3) is 5.78. The van der Waals surface area contributed by atoms with Crippen LogP contribution in [0.15, 0.2) is 42.5 Å².